The molecule has 0 fully saturated rings. The largest absolute Gasteiger partial charge is 0.474 e. The molecule has 1 heterocycles. The van der Waals surface area contributed by atoms with Crippen LogP contribution in [0.5, 0.6) is 5.88 Å². The van der Waals surface area contributed by atoms with Crippen LogP contribution < -0.4 is 15.8 Å². The van der Waals surface area contributed by atoms with Gasteiger partial charge < -0.3 is 19.9 Å². The molecule has 3 N–H and O–H groups in total. The molecule has 0 bridgehead atoms. The lowest BCUT2D eigenvalue weighted by molar-refractivity contribution is 0.0535. The first-order valence-electron chi connectivity index (χ1n) is 7.54. The number of hydrogen-bond donors (Lipinski definition) is 2. The van der Waals surface area contributed by atoms with Crippen molar-refractivity contribution < 1.29 is 19.0 Å². The number of nitrogens with one attached hydrogen (secondary N) is 1. The predicted molar refractivity (Wildman–Crippen MR) is 89.7 cm³/mol. The van der Waals surface area contributed by atoms with Crippen LogP contribution in [-0.4, -0.2) is 49.3 Å². The van der Waals surface area contributed by atoms with Crippen molar-refractivity contribution in [2.75, 3.05) is 38.9 Å². The smallest absolute Gasteiger partial charge is 0.317 e. The molecule has 0 atom stereocenters. The van der Waals surface area contributed by atoms with E-state index in [0.29, 0.717) is 43.7 Å². The number of carbonyl (C=O) groups excluding carboxylic acids is 1. The van der Waals surface area contributed by atoms with Crippen LogP contribution in [0.1, 0.15) is 5.56 Å². The van der Waals surface area contributed by atoms with E-state index in [0.717, 1.165) is 5.69 Å². The average Bonchev–Trinajstić information content (AvgIpc) is 2.88. The van der Waals surface area contributed by atoms with Crippen molar-refractivity contribution in [3.8, 4) is 11.6 Å². The third-order valence-corrected chi connectivity index (χ3v) is 3.22. The molecule has 2 amide bonds. The number of carbonyl (C=O) groups is 1. The SMILES string of the molecule is COCCOCCOc1nn(-c2ccccc2)c(NC(N)=O)c1C. The number of hydrogen-bond acceptors (Lipinski definition) is 5. The van der Waals surface area contributed by atoms with Crippen LogP contribution in [0.15, 0.2) is 30.3 Å². The van der Waals surface area contributed by atoms with Crippen molar-refractivity contribution >= 4 is 11.8 Å². The molecule has 0 aliphatic heterocycles. The Labute approximate surface area is 140 Å². The Morgan fingerprint density at radius 3 is 2.58 bits per heavy atom. The molecule has 1 aromatic heterocycles. The summed E-state index contributed by atoms with van der Waals surface area (Å²) in [5, 5.41) is 7.00. The van der Waals surface area contributed by atoms with E-state index in [1.165, 1.54) is 0 Å². The molecule has 0 saturated heterocycles. The molecular formula is C16H22N4O4. The van der Waals surface area contributed by atoms with Gasteiger partial charge in [0.05, 0.1) is 31.1 Å². The Hall–Kier alpha value is -2.58. The highest BCUT2D eigenvalue weighted by atomic mass is 16.5. The van der Waals surface area contributed by atoms with Gasteiger partial charge in [-0.3, -0.25) is 5.32 Å². The third-order valence-electron chi connectivity index (χ3n) is 3.22. The molecule has 24 heavy (non-hydrogen) atoms. The van der Waals surface area contributed by atoms with Crippen LogP contribution in [0.25, 0.3) is 5.69 Å². The van der Waals surface area contributed by atoms with Gasteiger partial charge in [0.15, 0.2) is 0 Å². The number of benzene rings is 1. The molecule has 0 saturated carbocycles. The molecule has 0 aliphatic carbocycles. The summed E-state index contributed by atoms with van der Waals surface area (Å²) in [6.45, 7) is 3.60. The van der Waals surface area contributed by atoms with Crippen molar-refractivity contribution in [3.63, 3.8) is 0 Å². The minimum Gasteiger partial charge on any atom is -0.474 e. The Morgan fingerprint density at radius 2 is 1.92 bits per heavy atom. The lowest BCUT2D eigenvalue weighted by atomic mass is 10.3. The van der Waals surface area contributed by atoms with Gasteiger partial charge in [0.1, 0.15) is 12.4 Å². The van der Waals surface area contributed by atoms with Gasteiger partial charge in [0.25, 0.3) is 0 Å². The van der Waals surface area contributed by atoms with Gasteiger partial charge >= 0.3 is 6.03 Å². The van der Waals surface area contributed by atoms with E-state index in [-0.39, 0.29) is 0 Å². The third kappa shape index (κ3) is 4.71. The molecule has 8 heteroatoms. The van der Waals surface area contributed by atoms with Gasteiger partial charge in [-0.05, 0) is 19.1 Å². The first-order chi connectivity index (χ1) is 11.6. The summed E-state index contributed by atoms with van der Waals surface area (Å²) < 4.78 is 17.5. The zero-order valence-corrected chi connectivity index (χ0v) is 13.8. The second-order valence-electron chi connectivity index (χ2n) is 4.97. The lowest BCUT2D eigenvalue weighted by Gasteiger charge is -2.07. The zero-order valence-electron chi connectivity index (χ0n) is 13.8. The molecule has 0 spiro atoms. The maximum absolute atomic E-state index is 11.3. The highest BCUT2D eigenvalue weighted by molar-refractivity contribution is 5.88. The first-order valence-corrected chi connectivity index (χ1v) is 7.54. The highest BCUT2D eigenvalue weighted by Crippen LogP contribution is 2.28. The Balaban J connectivity index is 2.11. The van der Waals surface area contributed by atoms with E-state index >= 15 is 0 Å². The van der Waals surface area contributed by atoms with Crippen LogP contribution in [0.4, 0.5) is 10.6 Å². The number of primary amides is 1. The second-order valence-corrected chi connectivity index (χ2v) is 4.97. The zero-order chi connectivity index (χ0) is 17.4. The van der Waals surface area contributed by atoms with Gasteiger partial charge in [0, 0.05) is 7.11 Å². The van der Waals surface area contributed by atoms with Crippen LogP contribution in [0.2, 0.25) is 0 Å². The Bertz CT molecular complexity index is 658. The number of aromatic nitrogens is 2. The minimum absolute atomic E-state index is 0.340. The summed E-state index contributed by atoms with van der Waals surface area (Å²) in [4.78, 5) is 11.3. The fraction of sp³-hybridized carbons (Fsp3) is 0.375. The summed E-state index contributed by atoms with van der Waals surface area (Å²) >= 11 is 0. The summed E-state index contributed by atoms with van der Waals surface area (Å²) in [6.07, 6.45) is 0. The van der Waals surface area contributed by atoms with E-state index < -0.39 is 6.03 Å². The van der Waals surface area contributed by atoms with E-state index in [2.05, 4.69) is 10.4 Å². The number of nitrogens with two attached hydrogens (primary N) is 1. The minimum atomic E-state index is -0.662. The summed E-state index contributed by atoms with van der Waals surface area (Å²) in [5.41, 5.74) is 6.73. The van der Waals surface area contributed by atoms with Crippen LogP contribution in [0.3, 0.4) is 0 Å². The van der Waals surface area contributed by atoms with E-state index in [9.17, 15) is 4.79 Å². The number of urea groups is 1. The van der Waals surface area contributed by atoms with E-state index in [1.807, 2.05) is 30.3 Å². The molecular weight excluding hydrogens is 312 g/mol. The molecule has 0 unspecified atom stereocenters. The Morgan fingerprint density at radius 1 is 1.21 bits per heavy atom. The topological polar surface area (TPSA) is 101 Å². The summed E-state index contributed by atoms with van der Waals surface area (Å²) in [7, 11) is 1.62. The number of para-hydroxylation sites is 1. The van der Waals surface area contributed by atoms with Crippen LogP contribution in [-0.2, 0) is 9.47 Å². The van der Waals surface area contributed by atoms with Gasteiger partial charge in [-0.1, -0.05) is 18.2 Å². The maximum Gasteiger partial charge on any atom is 0.317 e. The quantitative estimate of drug-likeness (QED) is 0.680. The fourth-order valence-electron chi connectivity index (χ4n) is 2.07. The van der Waals surface area contributed by atoms with Gasteiger partial charge in [-0.2, -0.15) is 0 Å². The van der Waals surface area contributed by atoms with Crippen molar-refractivity contribution in [2.45, 2.75) is 6.92 Å². The number of amides is 2. The molecule has 2 aromatic rings. The second kappa shape index (κ2) is 8.90. The average molecular weight is 334 g/mol. The van der Waals surface area contributed by atoms with E-state index in [1.54, 1.807) is 18.7 Å². The first kappa shape index (κ1) is 17.8. The molecule has 1 aromatic carbocycles. The fourth-order valence-corrected chi connectivity index (χ4v) is 2.07. The van der Waals surface area contributed by atoms with Crippen molar-refractivity contribution in [1.29, 1.82) is 0 Å². The maximum atomic E-state index is 11.3. The van der Waals surface area contributed by atoms with Crippen molar-refractivity contribution in [3.05, 3.63) is 35.9 Å². The van der Waals surface area contributed by atoms with Gasteiger partial charge in [-0.25, -0.2) is 9.48 Å². The molecule has 130 valence electrons. The molecule has 2 rings (SSSR count). The van der Waals surface area contributed by atoms with Gasteiger partial charge in [0.2, 0.25) is 5.88 Å². The number of methoxy groups -OCH3 is 1. The Kier molecular flexibility index (Phi) is 6.59. The summed E-state index contributed by atoms with van der Waals surface area (Å²) in [5.74, 6) is 0.891. The number of ether oxygens (including phenoxy) is 3. The van der Waals surface area contributed by atoms with Crippen LogP contribution in [0, 0.1) is 6.92 Å². The van der Waals surface area contributed by atoms with Crippen LogP contribution >= 0.6 is 0 Å². The predicted octanol–water partition coefficient (Wildman–Crippen LogP) is 1.71. The number of nitrogens with zero attached hydrogens (tertiary/aromatic N) is 2. The normalized spacial score (nSPS) is 10.6. The number of rotatable bonds is 9. The standard InChI is InChI=1S/C16H22N4O4/c1-12-14(18-16(17)21)20(13-6-4-3-5-7-13)19-15(12)24-11-10-23-9-8-22-2/h3-7H,8-11H2,1-2H3,(H3,17,18,21). The molecule has 0 aliphatic rings. The molecule has 8 nitrogen and oxygen atoms in total. The van der Waals surface area contributed by atoms with Gasteiger partial charge in [-0.15, -0.1) is 5.10 Å². The monoisotopic (exact) mass is 334 g/mol. The van der Waals surface area contributed by atoms with E-state index in [4.69, 9.17) is 19.9 Å². The highest BCUT2D eigenvalue weighted by Gasteiger charge is 2.18. The number of anilines is 1. The van der Waals surface area contributed by atoms with Crippen molar-refractivity contribution in [1.82, 2.24) is 9.78 Å². The molecule has 0 radical (unpaired) electrons. The lowest BCUT2D eigenvalue weighted by Crippen LogP contribution is -2.21. The summed E-state index contributed by atoms with van der Waals surface area (Å²) in [6, 6.07) is 8.74. The van der Waals surface area contributed by atoms with Crippen molar-refractivity contribution in [2.24, 2.45) is 5.73 Å².